The van der Waals surface area contributed by atoms with E-state index in [1.54, 1.807) is 0 Å². The number of phenols is 1. The number of benzene rings is 1. The van der Waals surface area contributed by atoms with Gasteiger partial charge in [0.05, 0.1) is 11.3 Å². The van der Waals surface area contributed by atoms with Crippen LogP contribution in [-0.2, 0) is 9.59 Å². The molecule has 2 amide bonds. The maximum absolute atomic E-state index is 11.9. The summed E-state index contributed by atoms with van der Waals surface area (Å²) in [5.74, 6) is -2.34. The summed E-state index contributed by atoms with van der Waals surface area (Å²) >= 11 is 0. The van der Waals surface area contributed by atoms with Crippen molar-refractivity contribution < 1.29 is 24.6 Å². The summed E-state index contributed by atoms with van der Waals surface area (Å²) in [6.45, 7) is 0. The van der Waals surface area contributed by atoms with E-state index in [0.717, 1.165) is 11.0 Å². The lowest BCUT2D eigenvalue weighted by atomic mass is 10.1. The SMILES string of the molecule is O=C(O)c1cc(O)ccc1N1C(=O)CCCCC1=O. The van der Waals surface area contributed by atoms with Gasteiger partial charge in [-0.3, -0.25) is 9.59 Å². The molecule has 2 N–H and O–H groups in total. The highest BCUT2D eigenvalue weighted by Gasteiger charge is 2.29. The fourth-order valence-corrected chi connectivity index (χ4v) is 2.07. The average molecular weight is 263 g/mol. The van der Waals surface area contributed by atoms with E-state index in [2.05, 4.69) is 0 Å². The fourth-order valence-electron chi connectivity index (χ4n) is 2.07. The highest BCUT2D eigenvalue weighted by Crippen LogP contribution is 2.28. The normalized spacial score (nSPS) is 16.3. The number of nitrogens with zero attached hydrogens (tertiary/aromatic N) is 1. The van der Waals surface area contributed by atoms with Crippen molar-refractivity contribution in [3.63, 3.8) is 0 Å². The lowest BCUT2D eigenvalue weighted by Crippen LogP contribution is -2.36. The van der Waals surface area contributed by atoms with Gasteiger partial charge in [-0.1, -0.05) is 0 Å². The molecule has 1 heterocycles. The number of carboxylic acid groups (broad SMARTS) is 1. The number of anilines is 1. The van der Waals surface area contributed by atoms with E-state index in [1.165, 1.54) is 12.1 Å². The molecule has 0 aliphatic carbocycles. The van der Waals surface area contributed by atoms with Crippen LogP contribution in [0.1, 0.15) is 36.0 Å². The molecule has 1 aliphatic heterocycles. The molecule has 0 radical (unpaired) electrons. The van der Waals surface area contributed by atoms with Crippen LogP contribution in [0.25, 0.3) is 0 Å². The van der Waals surface area contributed by atoms with Crippen LogP contribution in [0.3, 0.4) is 0 Å². The smallest absolute Gasteiger partial charge is 0.337 e. The number of carbonyl (C=O) groups is 3. The monoisotopic (exact) mass is 263 g/mol. The summed E-state index contributed by atoms with van der Waals surface area (Å²) in [6, 6.07) is 3.57. The Morgan fingerprint density at radius 2 is 1.68 bits per heavy atom. The number of carbonyl (C=O) groups excluding carboxylic acids is 2. The van der Waals surface area contributed by atoms with E-state index >= 15 is 0 Å². The molecular weight excluding hydrogens is 250 g/mol. The van der Waals surface area contributed by atoms with Gasteiger partial charge in [-0.15, -0.1) is 0 Å². The second-order valence-corrected chi connectivity index (χ2v) is 4.34. The minimum Gasteiger partial charge on any atom is -0.508 e. The van der Waals surface area contributed by atoms with Crippen LogP contribution in [-0.4, -0.2) is 28.0 Å². The highest BCUT2D eigenvalue weighted by molar-refractivity contribution is 6.17. The first-order valence-corrected chi connectivity index (χ1v) is 5.93. The zero-order valence-electron chi connectivity index (χ0n) is 10.1. The van der Waals surface area contributed by atoms with Crippen molar-refractivity contribution in [3.05, 3.63) is 23.8 Å². The average Bonchev–Trinajstić information content (AvgIpc) is 2.51. The summed E-state index contributed by atoms with van der Waals surface area (Å²) in [4.78, 5) is 35.9. The van der Waals surface area contributed by atoms with E-state index in [4.69, 9.17) is 5.11 Å². The van der Waals surface area contributed by atoms with Crippen LogP contribution in [0.2, 0.25) is 0 Å². The number of amides is 2. The Balaban J connectivity index is 2.52. The van der Waals surface area contributed by atoms with Crippen molar-refractivity contribution in [2.24, 2.45) is 0 Å². The molecule has 1 aliphatic rings. The van der Waals surface area contributed by atoms with Crippen LogP contribution < -0.4 is 4.90 Å². The minimum atomic E-state index is -1.30. The third-order valence-corrected chi connectivity index (χ3v) is 2.98. The second-order valence-electron chi connectivity index (χ2n) is 4.34. The molecule has 6 nitrogen and oxygen atoms in total. The van der Waals surface area contributed by atoms with E-state index < -0.39 is 17.8 Å². The third kappa shape index (κ3) is 2.57. The summed E-state index contributed by atoms with van der Waals surface area (Å²) < 4.78 is 0. The van der Waals surface area contributed by atoms with Crippen molar-refractivity contribution in [2.75, 3.05) is 4.90 Å². The highest BCUT2D eigenvalue weighted by atomic mass is 16.4. The van der Waals surface area contributed by atoms with Gasteiger partial charge in [0, 0.05) is 12.8 Å². The molecule has 2 rings (SSSR count). The van der Waals surface area contributed by atoms with E-state index in [9.17, 15) is 19.5 Å². The van der Waals surface area contributed by atoms with Gasteiger partial charge in [0.1, 0.15) is 5.75 Å². The van der Waals surface area contributed by atoms with Gasteiger partial charge in [0.15, 0.2) is 0 Å². The molecule has 19 heavy (non-hydrogen) atoms. The Hall–Kier alpha value is -2.37. The van der Waals surface area contributed by atoms with Crippen LogP contribution in [0.4, 0.5) is 5.69 Å². The number of phenolic OH excluding ortho intramolecular Hbond substituents is 1. The molecular formula is C13H13NO5. The first-order valence-electron chi connectivity index (χ1n) is 5.93. The Morgan fingerprint density at radius 1 is 1.11 bits per heavy atom. The molecule has 0 spiro atoms. The van der Waals surface area contributed by atoms with Crippen molar-refractivity contribution in [1.82, 2.24) is 0 Å². The van der Waals surface area contributed by atoms with Gasteiger partial charge in [-0.05, 0) is 31.0 Å². The lowest BCUT2D eigenvalue weighted by Gasteiger charge is -2.20. The largest absolute Gasteiger partial charge is 0.508 e. The number of hydrogen-bond donors (Lipinski definition) is 2. The molecule has 0 aromatic heterocycles. The molecule has 0 bridgehead atoms. The predicted octanol–water partition coefficient (Wildman–Crippen LogP) is 1.52. The van der Waals surface area contributed by atoms with Crippen molar-refractivity contribution in [3.8, 4) is 5.75 Å². The quantitative estimate of drug-likeness (QED) is 0.789. The van der Waals surface area contributed by atoms with Crippen molar-refractivity contribution in [1.29, 1.82) is 0 Å². The summed E-state index contributed by atoms with van der Waals surface area (Å²) in [5, 5.41) is 18.4. The van der Waals surface area contributed by atoms with Crippen molar-refractivity contribution >= 4 is 23.5 Å². The topological polar surface area (TPSA) is 94.9 Å². The standard InChI is InChI=1S/C13H13NO5/c15-8-5-6-10(9(7-8)13(18)19)14-11(16)3-1-2-4-12(14)17/h5-7,15H,1-4H2,(H,18,19). The molecule has 100 valence electrons. The Bertz CT molecular complexity index is 534. The second kappa shape index (κ2) is 5.09. The number of rotatable bonds is 2. The van der Waals surface area contributed by atoms with Crippen LogP contribution in [0, 0.1) is 0 Å². The maximum Gasteiger partial charge on any atom is 0.337 e. The first-order chi connectivity index (χ1) is 9.00. The summed E-state index contributed by atoms with van der Waals surface area (Å²) in [7, 11) is 0. The van der Waals surface area contributed by atoms with Gasteiger partial charge in [-0.25, -0.2) is 9.69 Å². The van der Waals surface area contributed by atoms with Gasteiger partial charge in [0.2, 0.25) is 11.8 Å². The molecule has 0 saturated carbocycles. The molecule has 1 aromatic carbocycles. The predicted molar refractivity (Wildman–Crippen MR) is 66.0 cm³/mol. The van der Waals surface area contributed by atoms with Gasteiger partial charge >= 0.3 is 5.97 Å². The number of aromatic carboxylic acids is 1. The van der Waals surface area contributed by atoms with E-state index in [0.29, 0.717) is 12.8 Å². The maximum atomic E-state index is 11.9. The number of hydrogen-bond acceptors (Lipinski definition) is 4. The molecule has 1 fully saturated rings. The van der Waals surface area contributed by atoms with Crippen molar-refractivity contribution in [2.45, 2.75) is 25.7 Å². The molecule has 6 heteroatoms. The Kier molecular flexibility index (Phi) is 3.50. The molecule has 0 atom stereocenters. The third-order valence-electron chi connectivity index (χ3n) is 2.98. The van der Waals surface area contributed by atoms with Gasteiger partial charge in [-0.2, -0.15) is 0 Å². The molecule has 1 aromatic rings. The van der Waals surface area contributed by atoms with Gasteiger partial charge < -0.3 is 10.2 Å². The van der Waals surface area contributed by atoms with Crippen LogP contribution in [0.15, 0.2) is 18.2 Å². The molecule has 1 saturated heterocycles. The summed E-state index contributed by atoms with van der Waals surface area (Å²) in [5.41, 5.74) is -0.245. The zero-order valence-corrected chi connectivity index (χ0v) is 10.1. The number of aromatic hydroxyl groups is 1. The minimum absolute atomic E-state index is 0.0159. The van der Waals surface area contributed by atoms with Crippen LogP contribution >= 0.6 is 0 Å². The lowest BCUT2D eigenvalue weighted by molar-refractivity contribution is -0.125. The number of carboxylic acids is 1. The Morgan fingerprint density at radius 3 is 2.21 bits per heavy atom. The Labute approximate surface area is 109 Å². The van der Waals surface area contributed by atoms with Gasteiger partial charge in [0.25, 0.3) is 0 Å². The van der Waals surface area contributed by atoms with Crippen LogP contribution in [0.5, 0.6) is 5.75 Å². The zero-order chi connectivity index (χ0) is 14.0. The van der Waals surface area contributed by atoms with E-state index in [1.807, 2.05) is 0 Å². The molecule has 0 unspecified atom stereocenters. The van der Waals surface area contributed by atoms with E-state index in [-0.39, 0.29) is 29.8 Å². The number of imide groups is 1. The first kappa shape index (κ1) is 13.1. The summed E-state index contributed by atoms with van der Waals surface area (Å²) in [6.07, 6.45) is 1.65. The fraction of sp³-hybridized carbons (Fsp3) is 0.308.